The number of ether oxygens (including phenoxy) is 4. The topological polar surface area (TPSA) is 135 Å². The molecule has 12 nitrogen and oxygen atoms in total. The van der Waals surface area contributed by atoms with Crippen LogP contribution in [-0.2, 0) is 46.1 Å². The van der Waals surface area contributed by atoms with Gasteiger partial charge in [0.25, 0.3) is 0 Å². The van der Waals surface area contributed by atoms with E-state index in [1.165, 1.54) is 64.2 Å². The standard InChI is InChI=1S/2C23H35N2O2.H2O4S/c2*1-4-7-8-9-12-15-24-16-17-25(20-24)19-23(27-18-5-2)21-13-10-11-14-22(21)26-6-3;1-5(2,3)4/h2*5,10-11,13-14,16-17,20,23H,2,4,6-9,12,15,18-19H2,1,3H3;(H2,1,2,3,4)/q2*+1;/p-2. The molecule has 2 atom stereocenters. The van der Waals surface area contributed by atoms with Crippen LogP contribution in [0.5, 0.6) is 11.5 Å². The Bertz CT molecular complexity index is 1690. The molecule has 0 bridgehead atoms. The van der Waals surface area contributed by atoms with Gasteiger partial charge in [-0.05, 0) is 51.7 Å². The maximum absolute atomic E-state index is 8.52. The largest absolute Gasteiger partial charge is 0.759 e. The predicted molar refractivity (Wildman–Crippen MR) is 230 cm³/mol. The summed E-state index contributed by atoms with van der Waals surface area (Å²) >= 11 is 0. The number of para-hydroxylation sites is 2. The van der Waals surface area contributed by atoms with Crippen LogP contribution < -0.4 is 18.6 Å². The first-order valence-corrected chi connectivity index (χ1v) is 22.5. The summed E-state index contributed by atoms with van der Waals surface area (Å²) in [7, 11) is -5.17. The summed E-state index contributed by atoms with van der Waals surface area (Å²) in [4.78, 5) is 0. The number of aryl methyl sites for hydroxylation is 2. The van der Waals surface area contributed by atoms with Crippen LogP contribution in [0.15, 0.2) is 111 Å². The molecule has 0 aliphatic heterocycles. The minimum absolute atomic E-state index is 0.0730. The van der Waals surface area contributed by atoms with Crippen molar-refractivity contribution < 1.29 is 45.6 Å². The van der Waals surface area contributed by atoms with Crippen LogP contribution in [0.25, 0.3) is 0 Å². The first-order valence-electron chi connectivity index (χ1n) is 21.2. The summed E-state index contributed by atoms with van der Waals surface area (Å²) in [6.07, 6.45) is 29.4. The number of imidazole rings is 2. The van der Waals surface area contributed by atoms with Crippen molar-refractivity contribution in [3.63, 3.8) is 0 Å². The molecule has 0 saturated heterocycles. The zero-order valence-corrected chi connectivity index (χ0v) is 36.8. The van der Waals surface area contributed by atoms with E-state index in [4.69, 9.17) is 36.5 Å². The maximum Gasteiger partial charge on any atom is 0.243 e. The molecule has 0 aliphatic rings. The third-order valence-electron chi connectivity index (χ3n) is 9.25. The van der Waals surface area contributed by atoms with Crippen LogP contribution in [-0.4, -0.2) is 53.1 Å². The first kappa shape index (κ1) is 50.9. The number of hydrogen-bond acceptors (Lipinski definition) is 8. The van der Waals surface area contributed by atoms with E-state index in [2.05, 4.69) is 94.8 Å². The van der Waals surface area contributed by atoms with Gasteiger partial charge in [-0.1, -0.05) is 101 Å². The van der Waals surface area contributed by atoms with Gasteiger partial charge in [0.15, 0.2) is 0 Å². The van der Waals surface area contributed by atoms with Gasteiger partial charge >= 0.3 is 0 Å². The molecule has 0 radical (unpaired) electrons. The fraction of sp³-hybridized carbons (Fsp3) is 0.522. The average molecular weight is 839 g/mol. The molecule has 0 amide bonds. The fourth-order valence-electron chi connectivity index (χ4n) is 6.45. The second-order valence-corrected chi connectivity index (χ2v) is 14.9. The first-order chi connectivity index (χ1) is 28.6. The summed E-state index contributed by atoms with van der Waals surface area (Å²) in [5, 5.41) is 0. The smallest absolute Gasteiger partial charge is 0.243 e. The quantitative estimate of drug-likeness (QED) is 0.0182. The molecule has 4 aromatic rings. The van der Waals surface area contributed by atoms with Crippen LogP contribution in [0, 0.1) is 0 Å². The van der Waals surface area contributed by atoms with Crippen molar-refractivity contribution in [2.24, 2.45) is 0 Å². The normalized spacial score (nSPS) is 12.0. The molecule has 0 fully saturated rings. The van der Waals surface area contributed by atoms with Gasteiger partial charge in [0.05, 0.1) is 39.5 Å². The lowest BCUT2D eigenvalue weighted by Gasteiger charge is -2.19. The average Bonchev–Trinajstić information content (AvgIpc) is 3.87. The van der Waals surface area contributed by atoms with Gasteiger partial charge in [-0.15, -0.1) is 13.2 Å². The van der Waals surface area contributed by atoms with E-state index in [9.17, 15) is 0 Å². The molecule has 328 valence electrons. The second kappa shape index (κ2) is 30.7. The maximum atomic E-state index is 8.52. The molecule has 2 aromatic heterocycles. The van der Waals surface area contributed by atoms with E-state index >= 15 is 0 Å². The Morgan fingerprint density at radius 2 is 1.00 bits per heavy atom. The van der Waals surface area contributed by atoms with Crippen LogP contribution in [0.4, 0.5) is 0 Å². The van der Waals surface area contributed by atoms with Crippen molar-refractivity contribution in [3.8, 4) is 11.5 Å². The highest BCUT2D eigenvalue weighted by molar-refractivity contribution is 7.79. The molecule has 0 aliphatic carbocycles. The Hall–Kier alpha value is -4.27. The second-order valence-electron chi connectivity index (χ2n) is 14.1. The van der Waals surface area contributed by atoms with E-state index in [0.29, 0.717) is 26.4 Å². The molecular formula is C46H70N4O8S. The fourth-order valence-corrected chi connectivity index (χ4v) is 6.45. The monoisotopic (exact) mass is 838 g/mol. The lowest BCUT2D eigenvalue weighted by Crippen LogP contribution is -2.35. The number of rotatable bonds is 28. The van der Waals surface area contributed by atoms with Crippen LogP contribution in [0.1, 0.15) is 115 Å². The molecule has 2 unspecified atom stereocenters. The highest BCUT2D eigenvalue weighted by Gasteiger charge is 2.21. The number of hydrogen-bond donors (Lipinski definition) is 0. The Morgan fingerprint density at radius 1 is 0.627 bits per heavy atom. The summed E-state index contributed by atoms with van der Waals surface area (Å²) in [5.74, 6) is 1.79. The van der Waals surface area contributed by atoms with Crippen LogP contribution >= 0.6 is 0 Å². The summed E-state index contributed by atoms with van der Waals surface area (Å²) in [6, 6.07) is 16.3. The zero-order valence-electron chi connectivity index (χ0n) is 36.0. The number of aromatic nitrogens is 4. The van der Waals surface area contributed by atoms with Gasteiger partial charge in [-0.3, -0.25) is 8.42 Å². The van der Waals surface area contributed by atoms with Gasteiger partial charge in [0, 0.05) is 21.5 Å². The highest BCUT2D eigenvalue weighted by Crippen LogP contribution is 2.29. The molecule has 4 rings (SSSR count). The molecule has 2 aromatic carbocycles. The zero-order chi connectivity index (χ0) is 43.1. The SMILES string of the molecule is C=CCOC(C[n+]1ccn(CCCCCCC)c1)c1ccccc1OCC.C=CCOC(C[n+]1ccn(CCCCCCC)c1)c1ccccc1OCC.O=S(=O)([O-])[O-]. The van der Waals surface area contributed by atoms with E-state index in [0.717, 1.165) is 48.8 Å². The van der Waals surface area contributed by atoms with E-state index in [1.54, 1.807) is 12.2 Å². The lowest BCUT2D eigenvalue weighted by molar-refractivity contribution is -0.704. The van der Waals surface area contributed by atoms with Crippen molar-refractivity contribution >= 4 is 10.4 Å². The third kappa shape index (κ3) is 22.6. The van der Waals surface area contributed by atoms with Gasteiger partial charge in [0.2, 0.25) is 12.7 Å². The van der Waals surface area contributed by atoms with Crippen molar-refractivity contribution in [3.05, 3.63) is 122 Å². The molecule has 0 N–H and O–H groups in total. The van der Waals surface area contributed by atoms with Crippen molar-refractivity contribution in [2.75, 3.05) is 26.4 Å². The van der Waals surface area contributed by atoms with Crippen molar-refractivity contribution in [1.29, 1.82) is 0 Å². The number of unbranched alkanes of at least 4 members (excludes halogenated alkanes) is 8. The lowest BCUT2D eigenvalue weighted by atomic mass is 10.1. The molecule has 13 heteroatoms. The van der Waals surface area contributed by atoms with Gasteiger partial charge in [0.1, 0.15) is 61.6 Å². The summed E-state index contributed by atoms with van der Waals surface area (Å²) in [6.45, 7) is 22.1. The summed E-state index contributed by atoms with van der Waals surface area (Å²) in [5.41, 5.74) is 2.17. The molecule has 0 spiro atoms. The predicted octanol–water partition coefficient (Wildman–Crippen LogP) is 8.84. The Kier molecular flexibility index (Phi) is 26.5. The summed E-state index contributed by atoms with van der Waals surface area (Å²) < 4.78 is 66.8. The van der Waals surface area contributed by atoms with Crippen LogP contribution in [0.3, 0.4) is 0 Å². The van der Waals surface area contributed by atoms with Crippen molar-refractivity contribution in [1.82, 2.24) is 9.13 Å². The van der Waals surface area contributed by atoms with Crippen molar-refractivity contribution in [2.45, 2.75) is 130 Å². The van der Waals surface area contributed by atoms with Gasteiger partial charge in [-0.2, -0.15) is 0 Å². The Labute approximate surface area is 354 Å². The Morgan fingerprint density at radius 3 is 1.36 bits per heavy atom. The molecule has 2 heterocycles. The van der Waals surface area contributed by atoms with E-state index < -0.39 is 10.4 Å². The van der Waals surface area contributed by atoms with Crippen LogP contribution in [0.2, 0.25) is 0 Å². The highest BCUT2D eigenvalue weighted by atomic mass is 32.3. The number of benzene rings is 2. The molecular weight excluding hydrogens is 769 g/mol. The minimum atomic E-state index is -5.17. The molecule has 59 heavy (non-hydrogen) atoms. The minimum Gasteiger partial charge on any atom is -0.759 e. The van der Waals surface area contributed by atoms with Gasteiger partial charge in [-0.25, -0.2) is 18.3 Å². The Balaban J connectivity index is 0.000000365. The van der Waals surface area contributed by atoms with Gasteiger partial charge < -0.3 is 28.1 Å². The van der Waals surface area contributed by atoms with E-state index in [1.807, 2.05) is 50.2 Å². The van der Waals surface area contributed by atoms with E-state index in [-0.39, 0.29) is 12.2 Å². The third-order valence-corrected chi connectivity index (χ3v) is 9.25. The number of nitrogens with zero attached hydrogens (tertiary/aromatic N) is 4. The molecule has 0 saturated carbocycles.